The number of hydrogen-bond donors (Lipinski definition) is 2. The molecule has 0 atom stereocenters. The van der Waals surface area contributed by atoms with Gasteiger partial charge in [-0.15, -0.1) is 0 Å². The number of aromatic nitrogens is 3. The maximum atomic E-state index is 13.6. The van der Waals surface area contributed by atoms with Crippen molar-refractivity contribution in [1.29, 1.82) is 0 Å². The average molecular weight is 365 g/mol. The normalized spacial score (nSPS) is 10.7. The number of carbonyl (C=O) groups excluding carboxylic acids is 1. The second-order valence-corrected chi connectivity index (χ2v) is 5.74. The predicted octanol–water partition coefficient (Wildman–Crippen LogP) is 4.32. The Bertz CT molecular complexity index is 1110. The first-order chi connectivity index (χ1) is 13.1. The number of amides is 2. The van der Waals surface area contributed by atoms with Gasteiger partial charge in [-0.25, -0.2) is 23.5 Å². The fourth-order valence-corrected chi connectivity index (χ4v) is 2.60. The summed E-state index contributed by atoms with van der Waals surface area (Å²) >= 11 is 0. The minimum Gasteiger partial charge on any atom is -0.308 e. The fraction of sp³-hybridized carbons (Fsp3) is 0. The molecular weight excluding hydrogens is 352 g/mol. The molecule has 2 aromatic heterocycles. The van der Waals surface area contributed by atoms with Crippen LogP contribution in [0.3, 0.4) is 0 Å². The van der Waals surface area contributed by atoms with Gasteiger partial charge in [-0.05, 0) is 30.3 Å². The van der Waals surface area contributed by atoms with Crippen molar-refractivity contribution in [3.63, 3.8) is 0 Å². The number of urea groups is 1. The van der Waals surface area contributed by atoms with Crippen molar-refractivity contribution in [2.24, 2.45) is 0 Å². The topological polar surface area (TPSA) is 71.3 Å². The lowest BCUT2D eigenvalue weighted by Crippen LogP contribution is -2.20. The molecule has 4 rings (SSSR count). The molecule has 0 fully saturated rings. The van der Waals surface area contributed by atoms with E-state index in [4.69, 9.17) is 0 Å². The summed E-state index contributed by atoms with van der Waals surface area (Å²) in [4.78, 5) is 20.7. The lowest BCUT2D eigenvalue weighted by Gasteiger charge is -2.09. The van der Waals surface area contributed by atoms with Gasteiger partial charge in [0.1, 0.15) is 11.6 Å². The van der Waals surface area contributed by atoms with Crippen molar-refractivity contribution in [2.75, 3.05) is 10.6 Å². The summed E-state index contributed by atoms with van der Waals surface area (Å²) in [5.41, 5.74) is 1.70. The van der Waals surface area contributed by atoms with Gasteiger partial charge in [0.05, 0.1) is 11.4 Å². The average Bonchev–Trinajstić information content (AvgIpc) is 3.09. The van der Waals surface area contributed by atoms with Gasteiger partial charge in [0.2, 0.25) is 5.78 Å². The Kier molecular flexibility index (Phi) is 4.21. The van der Waals surface area contributed by atoms with Crippen molar-refractivity contribution in [3.05, 3.63) is 78.8 Å². The van der Waals surface area contributed by atoms with E-state index < -0.39 is 17.7 Å². The first-order valence-electron chi connectivity index (χ1n) is 8.02. The molecule has 0 aliphatic heterocycles. The fourth-order valence-electron chi connectivity index (χ4n) is 2.60. The third-order valence-electron chi connectivity index (χ3n) is 3.83. The number of halogens is 2. The van der Waals surface area contributed by atoms with E-state index in [1.165, 1.54) is 0 Å². The van der Waals surface area contributed by atoms with E-state index in [-0.39, 0.29) is 5.69 Å². The van der Waals surface area contributed by atoms with Gasteiger partial charge in [-0.1, -0.05) is 12.1 Å². The molecule has 8 heteroatoms. The zero-order chi connectivity index (χ0) is 18.8. The van der Waals surface area contributed by atoms with E-state index in [1.54, 1.807) is 34.9 Å². The maximum Gasteiger partial charge on any atom is 0.323 e. The lowest BCUT2D eigenvalue weighted by molar-refractivity contribution is 0.262. The molecule has 0 aliphatic carbocycles. The molecule has 2 heterocycles. The molecule has 6 nitrogen and oxygen atoms in total. The Morgan fingerprint density at radius 3 is 2.78 bits per heavy atom. The summed E-state index contributed by atoms with van der Waals surface area (Å²) in [6, 6.07) is 11.0. The molecule has 0 spiro atoms. The molecule has 0 radical (unpaired) electrons. The smallest absolute Gasteiger partial charge is 0.308 e. The van der Waals surface area contributed by atoms with Crippen LogP contribution in [0.1, 0.15) is 0 Å². The summed E-state index contributed by atoms with van der Waals surface area (Å²) in [5, 5.41) is 4.88. The van der Waals surface area contributed by atoms with Gasteiger partial charge in [0.15, 0.2) is 0 Å². The van der Waals surface area contributed by atoms with Crippen molar-refractivity contribution >= 4 is 23.2 Å². The molecule has 4 aromatic rings. The van der Waals surface area contributed by atoms with Crippen LogP contribution >= 0.6 is 0 Å². The zero-order valence-electron chi connectivity index (χ0n) is 13.9. The van der Waals surface area contributed by atoms with E-state index in [0.29, 0.717) is 17.2 Å². The van der Waals surface area contributed by atoms with Crippen LogP contribution in [0.15, 0.2) is 67.1 Å². The van der Waals surface area contributed by atoms with E-state index in [1.807, 2.05) is 18.5 Å². The van der Waals surface area contributed by atoms with Crippen LogP contribution in [0, 0.1) is 11.6 Å². The molecule has 2 aromatic carbocycles. The molecule has 27 heavy (non-hydrogen) atoms. The van der Waals surface area contributed by atoms with Crippen LogP contribution in [-0.4, -0.2) is 20.4 Å². The SMILES string of the molecule is O=C(Nc1cccc(-c2cn3cccnc3n2)c1)Nc1cc(F)ccc1F. The number of carbonyl (C=O) groups is 1. The Labute approximate surface area is 152 Å². The predicted molar refractivity (Wildman–Crippen MR) is 97.4 cm³/mol. The van der Waals surface area contributed by atoms with Crippen LogP contribution in [0.2, 0.25) is 0 Å². The van der Waals surface area contributed by atoms with Gasteiger partial charge < -0.3 is 10.6 Å². The third kappa shape index (κ3) is 3.59. The second kappa shape index (κ2) is 6.83. The first-order valence-corrected chi connectivity index (χ1v) is 8.02. The first kappa shape index (κ1) is 16.6. The van der Waals surface area contributed by atoms with E-state index >= 15 is 0 Å². The Morgan fingerprint density at radius 2 is 1.93 bits per heavy atom. The summed E-state index contributed by atoms with van der Waals surface area (Å²) < 4.78 is 28.6. The summed E-state index contributed by atoms with van der Waals surface area (Å²) in [7, 11) is 0. The number of nitrogens with one attached hydrogen (secondary N) is 2. The number of anilines is 2. The number of hydrogen-bond acceptors (Lipinski definition) is 3. The number of nitrogens with zero attached hydrogens (tertiary/aromatic N) is 3. The Balaban J connectivity index is 1.54. The van der Waals surface area contributed by atoms with Gasteiger partial charge >= 0.3 is 6.03 Å². The highest BCUT2D eigenvalue weighted by Gasteiger charge is 2.10. The second-order valence-electron chi connectivity index (χ2n) is 5.74. The minimum atomic E-state index is -0.725. The van der Waals surface area contributed by atoms with Crippen molar-refractivity contribution in [3.8, 4) is 11.3 Å². The third-order valence-corrected chi connectivity index (χ3v) is 3.83. The molecule has 0 saturated heterocycles. The number of imidazole rings is 1. The molecule has 0 aliphatic rings. The molecular formula is C19H13F2N5O. The highest BCUT2D eigenvalue weighted by atomic mass is 19.1. The standard InChI is InChI=1S/C19H13F2N5O/c20-13-5-6-15(21)16(10-13)25-19(27)23-14-4-1-3-12(9-14)17-11-26-8-2-7-22-18(26)24-17/h1-11H,(H2,23,25,27). The zero-order valence-corrected chi connectivity index (χ0v) is 13.9. The quantitative estimate of drug-likeness (QED) is 0.568. The van der Waals surface area contributed by atoms with Crippen LogP contribution in [0.25, 0.3) is 17.0 Å². The monoisotopic (exact) mass is 365 g/mol. The minimum absolute atomic E-state index is 0.241. The molecule has 0 bridgehead atoms. The highest BCUT2D eigenvalue weighted by molar-refractivity contribution is 6.00. The summed E-state index contributed by atoms with van der Waals surface area (Å²) in [6.07, 6.45) is 5.31. The van der Waals surface area contributed by atoms with E-state index in [2.05, 4.69) is 20.6 Å². The molecule has 0 unspecified atom stereocenters. The van der Waals surface area contributed by atoms with Gasteiger partial charge in [-0.2, -0.15) is 0 Å². The van der Waals surface area contributed by atoms with Crippen molar-refractivity contribution in [2.45, 2.75) is 0 Å². The van der Waals surface area contributed by atoms with Gasteiger partial charge in [0.25, 0.3) is 0 Å². The summed E-state index contributed by atoms with van der Waals surface area (Å²) in [6.45, 7) is 0. The van der Waals surface area contributed by atoms with Crippen LogP contribution in [0.5, 0.6) is 0 Å². The van der Waals surface area contributed by atoms with Crippen molar-refractivity contribution < 1.29 is 13.6 Å². The summed E-state index contributed by atoms with van der Waals surface area (Å²) in [5.74, 6) is -0.808. The van der Waals surface area contributed by atoms with E-state index in [0.717, 1.165) is 23.8 Å². The number of rotatable bonds is 3. The molecule has 2 amide bonds. The molecule has 2 N–H and O–H groups in total. The largest absolute Gasteiger partial charge is 0.323 e. The maximum absolute atomic E-state index is 13.6. The lowest BCUT2D eigenvalue weighted by atomic mass is 10.1. The Morgan fingerprint density at radius 1 is 1.04 bits per heavy atom. The molecule has 134 valence electrons. The van der Waals surface area contributed by atoms with Crippen molar-refractivity contribution in [1.82, 2.24) is 14.4 Å². The van der Waals surface area contributed by atoms with Gasteiger partial charge in [-0.3, -0.25) is 4.40 Å². The highest BCUT2D eigenvalue weighted by Crippen LogP contribution is 2.22. The number of fused-ring (bicyclic) bond motifs is 1. The molecule has 0 saturated carbocycles. The Hall–Kier alpha value is -3.81. The van der Waals surface area contributed by atoms with Crippen LogP contribution in [-0.2, 0) is 0 Å². The van der Waals surface area contributed by atoms with Crippen LogP contribution in [0.4, 0.5) is 25.0 Å². The van der Waals surface area contributed by atoms with E-state index in [9.17, 15) is 13.6 Å². The number of benzene rings is 2. The van der Waals surface area contributed by atoms with Crippen LogP contribution < -0.4 is 10.6 Å². The van der Waals surface area contributed by atoms with Gasteiger partial charge in [0, 0.05) is 35.9 Å².